The first kappa shape index (κ1) is 39.6. The van der Waals surface area contributed by atoms with E-state index in [1.54, 1.807) is 19.9 Å². The Hall–Kier alpha value is -3.87. The van der Waals surface area contributed by atoms with Crippen LogP contribution in [0.1, 0.15) is 128 Å². The summed E-state index contributed by atoms with van der Waals surface area (Å²) in [5, 5.41) is 17.0. The van der Waals surface area contributed by atoms with E-state index in [9.17, 15) is 24.0 Å². The number of hydrogen-bond acceptors (Lipinski definition) is 9. The van der Waals surface area contributed by atoms with Crippen LogP contribution in [0.4, 0.5) is 0 Å². The van der Waals surface area contributed by atoms with Crippen LogP contribution in [0.25, 0.3) is 0 Å². The van der Waals surface area contributed by atoms with Crippen LogP contribution in [0, 0.1) is 11.8 Å². The molecule has 270 valence electrons. The number of nitrogens with zero attached hydrogens (tertiary/aromatic N) is 4. The van der Waals surface area contributed by atoms with Gasteiger partial charge in [0.25, 0.3) is 11.8 Å². The van der Waals surface area contributed by atoms with Crippen molar-refractivity contribution >= 4 is 41.0 Å². The molecule has 4 amide bonds. The van der Waals surface area contributed by atoms with Gasteiger partial charge in [0, 0.05) is 35.1 Å². The minimum Gasteiger partial charge on any atom is -0.418 e. The standard InChI is InChI=1S/C35H52ClN7O6/c1-20(2)26(28(45)31-41-42-33(49-31)34(5,6)7)39-30(47)24-13-12-18-43(24)32(48)27(21(3)4)38-25(44)14-10-11-16-35(8,9)40-29(46)23-19-22(36)15-17-37-23/h15,17,19-21,24,26-27H,10-14,16,18H2,1-9H3,(H,38,44)(H,39,47)(H,40,46)/t24-,26?,27?/m0/s1. The topological polar surface area (TPSA) is 176 Å². The summed E-state index contributed by atoms with van der Waals surface area (Å²) in [6.45, 7) is 17.1. The maximum atomic E-state index is 13.8. The Balaban J connectivity index is 1.56. The number of hydrogen-bond donors (Lipinski definition) is 3. The smallest absolute Gasteiger partial charge is 0.286 e. The molecule has 13 nitrogen and oxygen atoms in total. The average molecular weight is 702 g/mol. The van der Waals surface area contributed by atoms with Gasteiger partial charge in [-0.05, 0) is 63.5 Å². The second kappa shape index (κ2) is 16.7. The minimum atomic E-state index is -0.925. The number of Topliss-reactive ketones (excluding diaryl/α,β-unsaturated/α-hetero) is 1. The van der Waals surface area contributed by atoms with Crippen LogP contribution in [-0.4, -0.2) is 79.7 Å². The molecular formula is C35H52ClN7O6. The van der Waals surface area contributed by atoms with Crippen molar-refractivity contribution in [1.82, 2.24) is 36.0 Å². The minimum absolute atomic E-state index is 0.172. The zero-order chi connectivity index (χ0) is 36.7. The highest BCUT2D eigenvalue weighted by atomic mass is 35.5. The summed E-state index contributed by atoms with van der Waals surface area (Å²) < 4.78 is 5.64. The molecule has 2 aromatic heterocycles. The molecule has 0 bridgehead atoms. The molecule has 2 unspecified atom stereocenters. The van der Waals surface area contributed by atoms with Crippen molar-refractivity contribution in [2.45, 2.75) is 130 Å². The Morgan fingerprint density at radius 1 is 0.980 bits per heavy atom. The van der Waals surface area contributed by atoms with Crippen LogP contribution >= 0.6 is 11.6 Å². The van der Waals surface area contributed by atoms with E-state index in [1.165, 1.54) is 17.2 Å². The number of aromatic nitrogens is 3. The number of halogens is 1. The highest BCUT2D eigenvalue weighted by Crippen LogP contribution is 2.24. The number of carbonyl (C=O) groups is 5. The van der Waals surface area contributed by atoms with Crippen molar-refractivity contribution in [2.75, 3.05) is 6.54 Å². The van der Waals surface area contributed by atoms with Gasteiger partial charge in [0.1, 0.15) is 17.8 Å². The predicted molar refractivity (Wildman–Crippen MR) is 185 cm³/mol. The van der Waals surface area contributed by atoms with E-state index in [0.29, 0.717) is 49.6 Å². The van der Waals surface area contributed by atoms with Crippen molar-refractivity contribution in [2.24, 2.45) is 11.8 Å². The van der Waals surface area contributed by atoms with Crippen LogP contribution in [0.2, 0.25) is 5.02 Å². The molecule has 49 heavy (non-hydrogen) atoms. The van der Waals surface area contributed by atoms with Gasteiger partial charge < -0.3 is 25.3 Å². The third-order valence-electron chi connectivity index (χ3n) is 8.47. The van der Waals surface area contributed by atoms with Crippen LogP contribution < -0.4 is 16.0 Å². The molecule has 3 N–H and O–H groups in total. The van der Waals surface area contributed by atoms with E-state index >= 15 is 0 Å². The number of nitrogens with one attached hydrogen (secondary N) is 3. The number of amides is 4. The van der Waals surface area contributed by atoms with Crippen LogP contribution in [0.15, 0.2) is 22.7 Å². The van der Waals surface area contributed by atoms with E-state index in [-0.39, 0.29) is 47.6 Å². The molecule has 0 saturated carbocycles. The molecular weight excluding hydrogens is 650 g/mol. The zero-order valence-corrected chi connectivity index (χ0v) is 30.9. The lowest BCUT2D eigenvalue weighted by Gasteiger charge is -2.31. The fraction of sp³-hybridized carbons (Fsp3) is 0.657. The van der Waals surface area contributed by atoms with Crippen molar-refractivity contribution in [3.8, 4) is 0 Å². The number of pyridine rings is 1. The highest BCUT2D eigenvalue weighted by Gasteiger charge is 2.41. The molecule has 1 aliphatic rings. The summed E-state index contributed by atoms with van der Waals surface area (Å²) in [4.78, 5) is 71.8. The molecule has 3 rings (SSSR count). The third kappa shape index (κ3) is 11.1. The second-order valence-electron chi connectivity index (χ2n) is 15.1. The first-order valence-corrected chi connectivity index (χ1v) is 17.4. The molecule has 14 heteroatoms. The lowest BCUT2D eigenvalue weighted by molar-refractivity contribution is -0.142. The zero-order valence-electron chi connectivity index (χ0n) is 30.2. The van der Waals surface area contributed by atoms with Crippen LogP contribution in [-0.2, 0) is 19.8 Å². The molecule has 0 spiro atoms. The van der Waals surface area contributed by atoms with Crippen molar-refractivity contribution < 1.29 is 28.4 Å². The fourth-order valence-electron chi connectivity index (χ4n) is 5.60. The third-order valence-corrected chi connectivity index (χ3v) is 8.71. The summed E-state index contributed by atoms with van der Waals surface area (Å²) >= 11 is 5.98. The first-order valence-electron chi connectivity index (χ1n) is 17.0. The number of ketones is 1. The van der Waals surface area contributed by atoms with E-state index in [4.69, 9.17) is 16.0 Å². The quantitative estimate of drug-likeness (QED) is 0.176. The van der Waals surface area contributed by atoms with Crippen molar-refractivity contribution in [3.63, 3.8) is 0 Å². The Bertz CT molecular complexity index is 1500. The van der Waals surface area contributed by atoms with Crippen LogP contribution in [0.3, 0.4) is 0 Å². The second-order valence-corrected chi connectivity index (χ2v) is 15.6. The van der Waals surface area contributed by atoms with E-state index in [2.05, 4.69) is 31.1 Å². The molecule has 0 aromatic carbocycles. The Labute approximate surface area is 294 Å². The average Bonchev–Trinajstić information content (AvgIpc) is 3.71. The molecule has 1 saturated heterocycles. The molecule has 0 radical (unpaired) electrons. The molecule has 3 atom stereocenters. The molecule has 0 aliphatic carbocycles. The lowest BCUT2D eigenvalue weighted by atomic mass is 9.96. The van der Waals surface area contributed by atoms with Gasteiger partial charge in [-0.2, -0.15) is 0 Å². The maximum Gasteiger partial charge on any atom is 0.286 e. The summed E-state index contributed by atoms with van der Waals surface area (Å²) in [6, 6.07) is 0.571. The summed E-state index contributed by atoms with van der Waals surface area (Å²) in [6.07, 6.45) is 4.55. The van der Waals surface area contributed by atoms with Gasteiger partial charge in [-0.1, -0.05) is 66.5 Å². The van der Waals surface area contributed by atoms with E-state index in [0.717, 1.165) is 0 Å². The van der Waals surface area contributed by atoms with Crippen molar-refractivity contribution in [1.29, 1.82) is 0 Å². The van der Waals surface area contributed by atoms with Crippen molar-refractivity contribution in [3.05, 3.63) is 40.8 Å². The largest absolute Gasteiger partial charge is 0.418 e. The predicted octanol–water partition coefficient (Wildman–Crippen LogP) is 4.64. The number of likely N-dealkylation sites (tertiary alicyclic amines) is 1. The number of unbranched alkanes of at least 4 members (excludes halogenated alkanes) is 1. The maximum absolute atomic E-state index is 13.8. The fourth-order valence-corrected chi connectivity index (χ4v) is 5.76. The van der Waals surface area contributed by atoms with Gasteiger partial charge in [0.05, 0.1) is 6.04 Å². The summed E-state index contributed by atoms with van der Waals surface area (Å²) in [7, 11) is 0. The monoisotopic (exact) mass is 701 g/mol. The number of carbonyl (C=O) groups excluding carboxylic acids is 5. The summed E-state index contributed by atoms with van der Waals surface area (Å²) in [5.74, 6) is -2.22. The lowest BCUT2D eigenvalue weighted by Crippen LogP contribution is -2.57. The van der Waals surface area contributed by atoms with Gasteiger partial charge >= 0.3 is 0 Å². The number of rotatable bonds is 15. The van der Waals surface area contributed by atoms with Crippen LogP contribution in [0.5, 0.6) is 0 Å². The summed E-state index contributed by atoms with van der Waals surface area (Å²) in [5.41, 5.74) is -0.755. The van der Waals surface area contributed by atoms with E-state index < -0.39 is 40.8 Å². The molecule has 1 aliphatic heterocycles. The SMILES string of the molecule is CC(C)C(NC(=O)[C@@H]1CCCN1C(=O)C(NC(=O)CCCCC(C)(C)NC(=O)c1cc(Cl)ccn1)C(C)C)C(=O)c1nnc(C(C)(C)C)o1. The van der Waals surface area contributed by atoms with E-state index in [1.807, 2.05) is 48.5 Å². The molecule has 1 fully saturated rings. The highest BCUT2D eigenvalue weighted by molar-refractivity contribution is 6.30. The first-order chi connectivity index (χ1) is 22.8. The Morgan fingerprint density at radius 3 is 2.24 bits per heavy atom. The van der Waals surface area contributed by atoms with Gasteiger partial charge in [-0.25, -0.2) is 0 Å². The normalized spacial score (nSPS) is 16.4. The Morgan fingerprint density at radius 2 is 1.65 bits per heavy atom. The molecule has 2 aromatic rings. The Kier molecular flexibility index (Phi) is 13.5. The van der Waals surface area contributed by atoms with Gasteiger partial charge in [0.2, 0.25) is 29.4 Å². The van der Waals surface area contributed by atoms with Gasteiger partial charge in [-0.15, -0.1) is 10.2 Å². The van der Waals surface area contributed by atoms with Gasteiger partial charge in [0.15, 0.2) is 0 Å². The molecule has 3 heterocycles. The van der Waals surface area contributed by atoms with Gasteiger partial charge in [-0.3, -0.25) is 29.0 Å².